The topological polar surface area (TPSA) is 76.5 Å². The molecule has 0 aliphatic heterocycles. The third-order valence-electron chi connectivity index (χ3n) is 2.39. The van der Waals surface area contributed by atoms with Gasteiger partial charge in [0.25, 0.3) is 0 Å². The summed E-state index contributed by atoms with van der Waals surface area (Å²) in [6.45, 7) is 0. The minimum absolute atomic E-state index is 0.257. The summed E-state index contributed by atoms with van der Waals surface area (Å²) < 4.78 is 6.22. The van der Waals surface area contributed by atoms with Crippen LogP contribution in [0.4, 0.5) is 0 Å². The van der Waals surface area contributed by atoms with Gasteiger partial charge in [0.15, 0.2) is 0 Å². The highest BCUT2D eigenvalue weighted by Gasteiger charge is 2.15. The molecule has 0 radical (unpaired) electrons. The van der Waals surface area contributed by atoms with Crippen molar-refractivity contribution in [2.45, 2.75) is 12.5 Å². The molecule has 1 unspecified atom stereocenters. The molecule has 0 saturated heterocycles. The second kappa shape index (κ2) is 4.27. The molecular weight excluding hydrogens is 274 g/mol. The van der Waals surface area contributed by atoms with Crippen molar-refractivity contribution >= 4 is 32.9 Å². The molecule has 4 nitrogen and oxygen atoms in total. The standard InChI is InChI=1S/C11H10BrNO3/c12-8-5-16-10-6(2-1-3-7(8)10)4-9(13)11(14)15/h1-3,5,9H,4,13H2,(H,14,15). The highest BCUT2D eigenvalue weighted by molar-refractivity contribution is 9.10. The highest BCUT2D eigenvalue weighted by Crippen LogP contribution is 2.28. The average molecular weight is 284 g/mol. The van der Waals surface area contributed by atoms with Crippen molar-refractivity contribution in [3.8, 4) is 0 Å². The van der Waals surface area contributed by atoms with Gasteiger partial charge in [0, 0.05) is 11.8 Å². The zero-order valence-corrected chi connectivity index (χ0v) is 9.90. The molecule has 1 aromatic carbocycles. The number of fused-ring (bicyclic) bond motifs is 1. The van der Waals surface area contributed by atoms with E-state index >= 15 is 0 Å². The van der Waals surface area contributed by atoms with Crippen LogP contribution in [-0.2, 0) is 11.2 Å². The molecule has 0 bridgehead atoms. The molecule has 0 spiro atoms. The van der Waals surface area contributed by atoms with Crippen LogP contribution in [0.5, 0.6) is 0 Å². The van der Waals surface area contributed by atoms with Crippen LogP contribution in [0.3, 0.4) is 0 Å². The number of carboxylic acids is 1. The van der Waals surface area contributed by atoms with Crippen LogP contribution in [-0.4, -0.2) is 17.1 Å². The zero-order chi connectivity index (χ0) is 11.7. The summed E-state index contributed by atoms with van der Waals surface area (Å²) >= 11 is 3.35. The van der Waals surface area contributed by atoms with Crippen molar-refractivity contribution in [3.63, 3.8) is 0 Å². The van der Waals surface area contributed by atoms with Gasteiger partial charge in [0.1, 0.15) is 17.9 Å². The predicted molar refractivity (Wildman–Crippen MR) is 63.2 cm³/mol. The maximum Gasteiger partial charge on any atom is 0.320 e. The first-order valence-electron chi connectivity index (χ1n) is 4.72. The van der Waals surface area contributed by atoms with Crippen LogP contribution in [0.15, 0.2) is 33.4 Å². The first-order valence-corrected chi connectivity index (χ1v) is 5.52. The Morgan fingerprint density at radius 2 is 2.31 bits per heavy atom. The Morgan fingerprint density at radius 3 is 3.00 bits per heavy atom. The fourth-order valence-corrected chi connectivity index (χ4v) is 1.98. The minimum atomic E-state index is -1.01. The minimum Gasteiger partial charge on any atom is -0.480 e. The van der Waals surface area contributed by atoms with E-state index in [1.807, 2.05) is 18.2 Å². The van der Waals surface area contributed by atoms with Crippen molar-refractivity contribution in [2.75, 3.05) is 0 Å². The van der Waals surface area contributed by atoms with E-state index in [0.717, 1.165) is 15.4 Å². The van der Waals surface area contributed by atoms with Gasteiger partial charge in [-0.25, -0.2) is 0 Å². The monoisotopic (exact) mass is 283 g/mol. The zero-order valence-electron chi connectivity index (χ0n) is 8.31. The Balaban J connectivity index is 2.41. The van der Waals surface area contributed by atoms with Gasteiger partial charge in [0.05, 0.1) is 4.47 Å². The number of benzene rings is 1. The first kappa shape index (κ1) is 11.2. The normalized spacial score (nSPS) is 12.9. The van der Waals surface area contributed by atoms with Crippen LogP contribution in [0.25, 0.3) is 11.0 Å². The lowest BCUT2D eigenvalue weighted by atomic mass is 10.0. The Bertz CT molecular complexity index is 535. The summed E-state index contributed by atoms with van der Waals surface area (Å²) in [6, 6.07) is 4.67. The van der Waals surface area contributed by atoms with E-state index in [4.69, 9.17) is 15.3 Å². The van der Waals surface area contributed by atoms with Crippen molar-refractivity contribution in [3.05, 3.63) is 34.5 Å². The summed E-state index contributed by atoms with van der Waals surface area (Å²) in [4.78, 5) is 10.7. The third kappa shape index (κ3) is 1.96. The van der Waals surface area contributed by atoms with Crippen LogP contribution in [0.1, 0.15) is 5.56 Å². The van der Waals surface area contributed by atoms with Gasteiger partial charge in [-0.1, -0.05) is 12.1 Å². The summed E-state index contributed by atoms with van der Waals surface area (Å²) in [6.07, 6.45) is 1.84. The number of hydrogen-bond donors (Lipinski definition) is 2. The Hall–Kier alpha value is -1.33. The lowest BCUT2D eigenvalue weighted by Gasteiger charge is -2.06. The maximum absolute atomic E-state index is 10.7. The molecular formula is C11H10BrNO3. The average Bonchev–Trinajstić information content (AvgIpc) is 2.62. The number of carboxylic acid groups (broad SMARTS) is 1. The molecule has 2 rings (SSSR count). The van der Waals surface area contributed by atoms with E-state index in [1.54, 1.807) is 6.26 Å². The smallest absolute Gasteiger partial charge is 0.320 e. The molecule has 1 heterocycles. The van der Waals surface area contributed by atoms with Crippen molar-refractivity contribution in [1.82, 2.24) is 0 Å². The molecule has 0 saturated carbocycles. The maximum atomic E-state index is 10.7. The number of nitrogens with two attached hydrogens (primary N) is 1. The van der Waals surface area contributed by atoms with Crippen LogP contribution in [0, 0.1) is 0 Å². The van der Waals surface area contributed by atoms with Gasteiger partial charge in [0.2, 0.25) is 0 Å². The van der Waals surface area contributed by atoms with Gasteiger partial charge in [-0.15, -0.1) is 0 Å². The number of para-hydroxylation sites is 1. The highest BCUT2D eigenvalue weighted by atomic mass is 79.9. The molecule has 3 N–H and O–H groups in total. The summed E-state index contributed by atoms with van der Waals surface area (Å²) in [5.41, 5.74) is 6.98. The Labute approximate surface area is 100 Å². The molecule has 0 aliphatic rings. The van der Waals surface area contributed by atoms with Crippen molar-refractivity contribution < 1.29 is 14.3 Å². The number of hydrogen-bond acceptors (Lipinski definition) is 3. The van der Waals surface area contributed by atoms with Gasteiger partial charge in [-0.2, -0.15) is 0 Å². The van der Waals surface area contributed by atoms with Gasteiger partial charge in [-0.3, -0.25) is 4.79 Å². The summed E-state index contributed by atoms with van der Waals surface area (Å²) in [5, 5.41) is 9.68. The van der Waals surface area contributed by atoms with E-state index in [-0.39, 0.29) is 6.42 Å². The number of halogens is 1. The predicted octanol–water partition coefficient (Wildman–Crippen LogP) is 2.15. The molecule has 0 fully saturated rings. The quantitative estimate of drug-likeness (QED) is 0.905. The number of rotatable bonds is 3. The molecule has 0 aliphatic carbocycles. The second-order valence-electron chi connectivity index (χ2n) is 3.53. The van der Waals surface area contributed by atoms with E-state index in [0.29, 0.717) is 5.58 Å². The second-order valence-corrected chi connectivity index (χ2v) is 4.38. The molecule has 0 amide bonds. The fourth-order valence-electron chi connectivity index (χ4n) is 1.57. The Morgan fingerprint density at radius 1 is 1.56 bits per heavy atom. The summed E-state index contributed by atoms with van der Waals surface area (Å²) in [7, 11) is 0. The first-order chi connectivity index (χ1) is 7.59. The van der Waals surface area contributed by atoms with Crippen molar-refractivity contribution in [1.29, 1.82) is 0 Å². The van der Waals surface area contributed by atoms with Crippen LogP contribution in [0.2, 0.25) is 0 Å². The van der Waals surface area contributed by atoms with E-state index < -0.39 is 12.0 Å². The summed E-state index contributed by atoms with van der Waals surface area (Å²) in [5.74, 6) is -1.01. The third-order valence-corrected chi connectivity index (χ3v) is 3.01. The number of furan rings is 1. The number of aliphatic carboxylic acids is 1. The molecule has 5 heteroatoms. The lowest BCUT2D eigenvalue weighted by Crippen LogP contribution is -2.32. The van der Waals surface area contributed by atoms with Crippen LogP contribution < -0.4 is 5.73 Å². The van der Waals surface area contributed by atoms with Crippen molar-refractivity contribution in [2.24, 2.45) is 5.73 Å². The molecule has 1 aromatic heterocycles. The lowest BCUT2D eigenvalue weighted by molar-refractivity contribution is -0.138. The molecule has 16 heavy (non-hydrogen) atoms. The van der Waals surface area contributed by atoms with E-state index in [9.17, 15) is 4.79 Å². The van der Waals surface area contributed by atoms with Crippen LogP contribution >= 0.6 is 15.9 Å². The SMILES string of the molecule is NC(Cc1cccc2c(Br)coc12)C(=O)O. The molecule has 1 atom stereocenters. The fraction of sp³-hybridized carbons (Fsp3) is 0.182. The van der Waals surface area contributed by atoms with Gasteiger partial charge >= 0.3 is 5.97 Å². The van der Waals surface area contributed by atoms with E-state index in [2.05, 4.69) is 15.9 Å². The van der Waals surface area contributed by atoms with E-state index in [1.165, 1.54) is 0 Å². The Kier molecular flexibility index (Phi) is 2.98. The van der Waals surface area contributed by atoms with Gasteiger partial charge < -0.3 is 15.3 Å². The number of carbonyl (C=O) groups is 1. The molecule has 84 valence electrons. The van der Waals surface area contributed by atoms with Gasteiger partial charge in [-0.05, 0) is 27.6 Å². The largest absolute Gasteiger partial charge is 0.480 e. The molecule has 2 aromatic rings.